The van der Waals surface area contributed by atoms with Gasteiger partial charge in [-0.2, -0.15) is 0 Å². The normalized spacial score (nSPS) is 23.3. The van der Waals surface area contributed by atoms with E-state index < -0.39 is 0 Å². The van der Waals surface area contributed by atoms with E-state index in [1.54, 1.807) is 7.11 Å². The second kappa shape index (κ2) is 11.8. The second-order valence-corrected chi connectivity index (χ2v) is 12.4. The molecule has 3 aliphatic heterocycles. The van der Waals surface area contributed by atoms with Crippen LogP contribution in [-0.2, 0) is 0 Å². The van der Waals surface area contributed by atoms with Gasteiger partial charge in [-0.15, -0.1) is 0 Å². The number of hydrogen-bond acceptors (Lipinski definition) is 4. The molecule has 6 heteroatoms. The smallest absolute Gasteiger partial charge is 0.171 e. The molecule has 1 aromatic heterocycles. The average molecular weight is 545 g/mol. The molecule has 5 atom stereocenters. The zero-order valence-corrected chi connectivity index (χ0v) is 25.1. The number of fused-ring (bicyclic) bond motifs is 4. The molecule has 0 spiro atoms. The van der Waals surface area contributed by atoms with Crippen LogP contribution in [0.15, 0.2) is 48.7 Å². The molecule has 0 saturated carbocycles. The Labute approximate surface area is 239 Å². The number of nitrogens with one attached hydrogen (secondary N) is 2. The SMILES string of the molecule is CC[C@H]1CN2CCC1C[C@H]2[C@@H](NC(=S)Nc1c(C(C)C)cccc1C(C)C)c1ccnc2ccc(OC)cc12. The van der Waals surface area contributed by atoms with Gasteiger partial charge in [0.15, 0.2) is 5.11 Å². The molecule has 2 unspecified atom stereocenters. The summed E-state index contributed by atoms with van der Waals surface area (Å²) >= 11 is 6.10. The minimum atomic E-state index is 0.0388. The van der Waals surface area contributed by atoms with E-state index in [4.69, 9.17) is 17.0 Å². The first-order valence-electron chi connectivity index (χ1n) is 14.7. The summed E-state index contributed by atoms with van der Waals surface area (Å²) in [6.07, 6.45) is 5.68. The van der Waals surface area contributed by atoms with Gasteiger partial charge in [0.05, 0.1) is 18.7 Å². The van der Waals surface area contributed by atoms with Crippen LogP contribution in [0.25, 0.3) is 10.9 Å². The third-order valence-electron chi connectivity index (χ3n) is 9.06. The van der Waals surface area contributed by atoms with Crippen molar-refractivity contribution in [2.24, 2.45) is 11.8 Å². The quantitative estimate of drug-likeness (QED) is 0.284. The van der Waals surface area contributed by atoms with Gasteiger partial charge in [0.1, 0.15) is 5.75 Å². The molecule has 2 aromatic carbocycles. The number of anilines is 1. The predicted octanol–water partition coefficient (Wildman–Crippen LogP) is 7.64. The molecular weight excluding hydrogens is 500 g/mol. The van der Waals surface area contributed by atoms with Crippen LogP contribution in [0.1, 0.15) is 88.4 Å². The zero-order chi connectivity index (χ0) is 27.7. The highest BCUT2D eigenvalue weighted by atomic mass is 32.1. The molecule has 208 valence electrons. The van der Waals surface area contributed by atoms with E-state index in [9.17, 15) is 0 Å². The molecule has 2 bridgehead atoms. The van der Waals surface area contributed by atoms with Crippen molar-refractivity contribution in [3.05, 3.63) is 65.4 Å². The van der Waals surface area contributed by atoms with Crippen LogP contribution in [0.4, 0.5) is 5.69 Å². The van der Waals surface area contributed by atoms with Gasteiger partial charge >= 0.3 is 0 Å². The van der Waals surface area contributed by atoms with Gasteiger partial charge in [0.2, 0.25) is 0 Å². The number of rotatable bonds is 8. The van der Waals surface area contributed by atoms with Gasteiger partial charge in [-0.05, 0) is 96.2 Å². The van der Waals surface area contributed by atoms with Crippen molar-refractivity contribution >= 4 is 33.9 Å². The maximum absolute atomic E-state index is 6.10. The van der Waals surface area contributed by atoms with Gasteiger partial charge in [0.25, 0.3) is 0 Å². The van der Waals surface area contributed by atoms with E-state index in [1.807, 2.05) is 12.3 Å². The van der Waals surface area contributed by atoms with Gasteiger partial charge in [-0.1, -0.05) is 59.2 Å². The minimum absolute atomic E-state index is 0.0388. The van der Waals surface area contributed by atoms with E-state index in [-0.39, 0.29) is 6.04 Å². The summed E-state index contributed by atoms with van der Waals surface area (Å²) in [4.78, 5) is 7.39. The Morgan fingerprint density at radius 3 is 2.44 bits per heavy atom. The maximum atomic E-state index is 6.10. The number of aromatic nitrogens is 1. The Morgan fingerprint density at radius 2 is 1.82 bits per heavy atom. The zero-order valence-electron chi connectivity index (χ0n) is 24.3. The molecule has 6 rings (SSSR count). The number of para-hydroxylation sites is 1. The topological polar surface area (TPSA) is 49.4 Å². The molecule has 0 aliphatic carbocycles. The molecule has 3 saturated heterocycles. The van der Waals surface area contributed by atoms with Crippen molar-refractivity contribution in [2.45, 2.75) is 77.8 Å². The molecule has 0 amide bonds. The number of nitrogens with zero attached hydrogens (tertiary/aromatic N) is 2. The van der Waals surface area contributed by atoms with Crippen molar-refractivity contribution in [1.82, 2.24) is 15.2 Å². The number of thiocarbonyl (C=S) groups is 1. The van der Waals surface area contributed by atoms with Gasteiger partial charge in [-0.3, -0.25) is 9.88 Å². The summed E-state index contributed by atoms with van der Waals surface area (Å²) in [7, 11) is 1.72. The van der Waals surface area contributed by atoms with E-state index in [1.165, 1.54) is 42.5 Å². The fourth-order valence-electron chi connectivity index (χ4n) is 6.90. The largest absolute Gasteiger partial charge is 0.497 e. The third kappa shape index (κ3) is 5.64. The number of piperidine rings is 3. The number of pyridine rings is 1. The lowest BCUT2D eigenvalue weighted by molar-refractivity contribution is -0.0132. The highest BCUT2D eigenvalue weighted by molar-refractivity contribution is 7.80. The lowest BCUT2D eigenvalue weighted by Gasteiger charge is -2.52. The summed E-state index contributed by atoms with van der Waals surface area (Å²) < 4.78 is 5.61. The fraction of sp³-hybridized carbons (Fsp3) is 0.515. The lowest BCUT2D eigenvalue weighted by atomic mass is 9.72. The first-order valence-corrected chi connectivity index (χ1v) is 15.1. The first kappa shape index (κ1) is 27.9. The molecule has 2 N–H and O–H groups in total. The summed E-state index contributed by atoms with van der Waals surface area (Å²) in [5.74, 6) is 3.20. The predicted molar refractivity (Wildman–Crippen MR) is 167 cm³/mol. The number of methoxy groups -OCH3 is 1. The van der Waals surface area contributed by atoms with Crippen LogP contribution < -0.4 is 15.4 Å². The maximum Gasteiger partial charge on any atom is 0.171 e. The van der Waals surface area contributed by atoms with Crippen LogP contribution in [0.2, 0.25) is 0 Å². The molecular formula is C33H44N4OS. The summed E-state index contributed by atoms with van der Waals surface area (Å²) in [6.45, 7) is 13.7. The van der Waals surface area contributed by atoms with Crippen LogP contribution >= 0.6 is 12.2 Å². The van der Waals surface area contributed by atoms with Crippen LogP contribution in [-0.4, -0.2) is 41.2 Å². The van der Waals surface area contributed by atoms with Crippen molar-refractivity contribution < 1.29 is 4.74 Å². The highest BCUT2D eigenvalue weighted by Crippen LogP contribution is 2.43. The molecule has 3 aliphatic rings. The Balaban J connectivity index is 1.53. The molecule has 0 radical (unpaired) electrons. The van der Waals surface area contributed by atoms with E-state index in [2.05, 4.69) is 91.5 Å². The van der Waals surface area contributed by atoms with Gasteiger partial charge < -0.3 is 15.4 Å². The minimum Gasteiger partial charge on any atom is -0.497 e. The molecule has 5 nitrogen and oxygen atoms in total. The summed E-state index contributed by atoms with van der Waals surface area (Å²) in [5, 5.41) is 9.32. The fourth-order valence-corrected chi connectivity index (χ4v) is 7.13. The van der Waals surface area contributed by atoms with Gasteiger partial charge in [0, 0.05) is 29.9 Å². The lowest BCUT2D eigenvalue weighted by Crippen LogP contribution is -2.58. The highest BCUT2D eigenvalue weighted by Gasteiger charge is 2.43. The van der Waals surface area contributed by atoms with Crippen molar-refractivity contribution in [3.63, 3.8) is 0 Å². The molecule has 39 heavy (non-hydrogen) atoms. The van der Waals surface area contributed by atoms with Crippen LogP contribution in [0.3, 0.4) is 0 Å². The van der Waals surface area contributed by atoms with E-state index >= 15 is 0 Å². The second-order valence-electron chi connectivity index (χ2n) is 12.0. The molecule has 3 fully saturated rings. The van der Waals surface area contributed by atoms with Crippen molar-refractivity contribution in [3.8, 4) is 5.75 Å². The summed E-state index contributed by atoms with van der Waals surface area (Å²) in [6, 6.07) is 15.4. The van der Waals surface area contributed by atoms with Gasteiger partial charge in [-0.25, -0.2) is 0 Å². The Hall–Kier alpha value is -2.70. The molecule has 4 heterocycles. The summed E-state index contributed by atoms with van der Waals surface area (Å²) in [5.41, 5.74) is 5.96. The van der Waals surface area contributed by atoms with Crippen LogP contribution in [0, 0.1) is 11.8 Å². The number of ether oxygens (including phenoxy) is 1. The number of hydrogen-bond donors (Lipinski definition) is 2. The Morgan fingerprint density at radius 1 is 1.08 bits per heavy atom. The molecule has 3 aromatic rings. The first-order chi connectivity index (χ1) is 18.8. The third-order valence-corrected chi connectivity index (χ3v) is 9.28. The van der Waals surface area contributed by atoms with E-state index in [0.29, 0.717) is 23.0 Å². The standard InChI is InChI=1S/C33H44N4OS/c1-7-22-19-37-16-14-23(22)17-30(37)32(27-13-15-34-29-12-11-24(38-6)18-28(27)29)36-33(39)35-31-25(20(2)3)9-8-10-26(31)21(4)5/h8-13,15,18,20-23,30,32H,7,14,16-17,19H2,1-6H3,(H2,35,36,39)/t22-,23?,30-,32-/m0/s1. The monoisotopic (exact) mass is 544 g/mol. The Kier molecular flexibility index (Phi) is 8.43. The average Bonchev–Trinajstić information content (AvgIpc) is 2.95. The van der Waals surface area contributed by atoms with Crippen LogP contribution in [0.5, 0.6) is 5.75 Å². The van der Waals surface area contributed by atoms with Crippen molar-refractivity contribution in [2.75, 3.05) is 25.5 Å². The number of benzene rings is 2. The Bertz CT molecular complexity index is 1300. The van der Waals surface area contributed by atoms with Crippen molar-refractivity contribution in [1.29, 1.82) is 0 Å². The van der Waals surface area contributed by atoms with E-state index in [0.717, 1.165) is 40.7 Å².